The van der Waals surface area contributed by atoms with Gasteiger partial charge in [0.25, 0.3) is 5.91 Å². The van der Waals surface area contributed by atoms with Crippen molar-refractivity contribution in [3.8, 4) is 5.69 Å². The normalized spacial score (nSPS) is 14.6. The summed E-state index contributed by atoms with van der Waals surface area (Å²) < 4.78 is 1.55. The number of amides is 1. The molecule has 1 aliphatic heterocycles. The number of nitrogens with one attached hydrogen (secondary N) is 2. The van der Waals surface area contributed by atoms with Crippen molar-refractivity contribution in [1.82, 2.24) is 25.4 Å². The molecule has 1 amide bonds. The lowest BCUT2D eigenvalue weighted by Crippen LogP contribution is -2.48. The Hall–Kier alpha value is -1.63. The summed E-state index contributed by atoms with van der Waals surface area (Å²) in [4.78, 5) is 16.6. The third-order valence-electron chi connectivity index (χ3n) is 3.76. The summed E-state index contributed by atoms with van der Waals surface area (Å²) in [7, 11) is 0. The van der Waals surface area contributed by atoms with Crippen LogP contribution in [0.4, 0.5) is 0 Å². The molecule has 1 saturated heterocycles. The van der Waals surface area contributed by atoms with Gasteiger partial charge < -0.3 is 10.6 Å². The van der Waals surface area contributed by atoms with Crippen LogP contribution < -0.4 is 10.6 Å². The molecule has 3 rings (SSSR count). The maximum atomic E-state index is 12.2. The second-order valence-electron chi connectivity index (χ2n) is 5.42. The number of benzene rings is 1. The van der Waals surface area contributed by atoms with Crippen LogP contribution in [0, 0.1) is 5.92 Å². The summed E-state index contributed by atoms with van der Waals surface area (Å²) in [6, 6.07) is 5.22. The van der Waals surface area contributed by atoms with Crippen LogP contribution in [-0.2, 0) is 6.42 Å². The lowest BCUT2D eigenvalue weighted by molar-refractivity contribution is 0.0932. The molecule has 0 atom stereocenters. The molecule has 0 unspecified atom stereocenters. The van der Waals surface area contributed by atoms with Crippen molar-refractivity contribution in [3.05, 3.63) is 39.9 Å². The van der Waals surface area contributed by atoms with E-state index in [9.17, 15) is 4.79 Å². The molecular formula is C15H17Cl2N5O. The fraction of sp³-hybridized carbons (Fsp3) is 0.400. The lowest BCUT2D eigenvalue weighted by Gasteiger charge is -2.26. The van der Waals surface area contributed by atoms with Crippen LogP contribution in [0.25, 0.3) is 5.69 Å². The van der Waals surface area contributed by atoms with E-state index in [2.05, 4.69) is 20.7 Å². The Kier molecular flexibility index (Phi) is 4.84. The van der Waals surface area contributed by atoms with Crippen LogP contribution in [0.1, 0.15) is 23.4 Å². The predicted molar refractivity (Wildman–Crippen MR) is 89.4 cm³/mol. The minimum Gasteiger partial charge on any atom is -0.349 e. The smallest absolute Gasteiger partial charge is 0.290 e. The average molecular weight is 354 g/mol. The molecule has 0 spiro atoms. The first-order valence-corrected chi connectivity index (χ1v) is 8.25. The van der Waals surface area contributed by atoms with Crippen molar-refractivity contribution in [2.75, 3.05) is 19.6 Å². The molecule has 1 aromatic carbocycles. The highest BCUT2D eigenvalue weighted by molar-refractivity contribution is 6.37. The van der Waals surface area contributed by atoms with Crippen molar-refractivity contribution in [2.24, 2.45) is 5.92 Å². The highest BCUT2D eigenvalue weighted by Gasteiger charge is 2.22. The van der Waals surface area contributed by atoms with Crippen LogP contribution in [0.3, 0.4) is 0 Å². The first kappa shape index (κ1) is 16.2. The first-order chi connectivity index (χ1) is 11.1. The highest BCUT2D eigenvalue weighted by Crippen LogP contribution is 2.28. The van der Waals surface area contributed by atoms with Crippen LogP contribution >= 0.6 is 23.2 Å². The van der Waals surface area contributed by atoms with Crippen LogP contribution in [0.5, 0.6) is 0 Å². The van der Waals surface area contributed by atoms with Gasteiger partial charge in [0.15, 0.2) is 0 Å². The first-order valence-electron chi connectivity index (χ1n) is 7.49. The Morgan fingerprint density at radius 2 is 2.09 bits per heavy atom. The standard InChI is InChI=1S/C15H17Cl2N5O/c1-2-12-20-14(15(23)19-8-9-6-18-7-9)21-22(12)13-10(16)4-3-5-11(13)17/h3-5,9,18H,2,6-8H2,1H3,(H,19,23). The summed E-state index contributed by atoms with van der Waals surface area (Å²) in [6.07, 6.45) is 0.606. The number of carbonyl (C=O) groups excluding carboxylic acids is 1. The topological polar surface area (TPSA) is 71.8 Å². The van der Waals surface area contributed by atoms with Gasteiger partial charge in [-0.2, -0.15) is 0 Å². The molecule has 1 aliphatic rings. The molecule has 2 aromatic rings. The Labute approximate surface area is 144 Å². The SMILES string of the molecule is CCc1nc(C(=O)NCC2CNC2)nn1-c1c(Cl)cccc1Cl. The molecule has 0 radical (unpaired) electrons. The predicted octanol–water partition coefficient (Wildman–Crippen LogP) is 2.09. The maximum Gasteiger partial charge on any atom is 0.290 e. The Bertz CT molecular complexity index is 706. The lowest BCUT2D eigenvalue weighted by atomic mass is 10.0. The Morgan fingerprint density at radius 3 is 2.65 bits per heavy atom. The largest absolute Gasteiger partial charge is 0.349 e. The Morgan fingerprint density at radius 1 is 1.39 bits per heavy atom. The van der Waals surface area contributed by atoms with Gasteiger partial charge in [0.05, 0.1) is 10.0 Å². The second-order valence-corrected chi connectivity index (χ2v) is 6.24. The van der Waals surface area contributed by atoms with E-state index in [-0.39, 0.29) is 11.7 Å². The Balaban J connectivity index is 1.86. The zero-order valence-corrected chi connectivity index (χ0v) is 14.2. The number of aromatic nitrogens is 3. The average Bonchev–Trinajstić information content (AvgIpc) is 2.89. The van der Waals surface area contributed by atoms with Crippen molar-refractivity contribution in [3.63, 3.8) is 0 Å². The van der Waals surface area contributed by atoms with E-state index in [0.717, 1.165) is 13.1 Å². The number of nitrogens with zero attached hydrogens (tertiary/aromatic N) is 3. The van der Waals surface area contributed by atoms with Crippen LogP contribution in [0.15, 0.2) is 18.2 Å². The van der Waals surface area contributed by atoms with E-state index in [1.54, 1.807) is 22.9 Å². The highest BCUT2D eigenvalue weighted by atomic mass is 35.5. The molecule has 6 nitrogen and oxygen atoms in total. The zero-order valence-electron chi connectivity index (χ0n) is 12.6. The maximum absolute atomic E-state index is 12.2. The third-order valence-corrected chi connectivity index (χ3v) is 4.37. The van der Waals surface area contributed by atoms with Gasteiger partial charge in [0.2, 0.25) is 5.82 Å². The quantitative estimate of drug-likeness (QED) is 0.863. The molecule has 1 fully saturated rings. The van der Waals surface area contributed by atoms with E-state index in [1.165, 1.54) is 0 Å². The second kappa shape index (κ2) is 6.86. The van der Waals surface area contributed by atoms with Gasteiger partial charge in [-0.25, -0.2) is 9.67 Å². The van der Waals surface area contributed by atoms with Gasteiger partial charge in [-0.3, -0.25) is 4.79 Å². The van der Waals surface area contributed by atoms with Gasteiger partial charge in [0, 0.05) is 32.0 Å². The van der Waals surface area contributed by atoms with E-state index < -0.39 is 0 Å². The number of halogens is 2. The third kappa shape index (κ3) is 3.34. The number of aryl methyl sites for hydroxylation is 1. The summed E-state index contributed by atoms with van der Waals surface area (Å²) in [5.41, 5.74) is 0.544. The molecule has 122 valence electrons. The summed E-state index contributed by atoms with van der Waals surface area (Å²) >= 11 is 12.5. The number of hydrogen-bond donors (Lipinski definition) is 2. The molecule has 1 aromatic heterocycles. The molecule has 0 bridgehead atoms. The van der Waals surface area contributed by atoms with Gasteiger partial charge in [-0.1, -0.05) is 36.2 Å². The summed E-state index contributed by atoms with van der Waals surface area (Å²) in [5, 5.41) is 11.3. The van der Waals surface area contributed by atoms with Gasteiger partial charge in [-0.15, -0.1) is 5.10 Å². The monoisotopic (exact) mass is 353 g/mol. The molecule has 23 heavy (non-hydrogen) atoms. The molecule has 8 heteroatoms. The summed E-state index contributed by atoms with van der Waals surface area (Å²) in [6.45, 7) is 4.41. The van der Waals surface area contributed by atoms with Gasteiger partial charge >= 0.3 is 0 Å². The summed E-state index contributed by atoms with van der Waals surface area (Å²) in [5.74, 6) is 0.957. The molecule has 0 aliphatic carbocycles. The number of hydrogen-bond acceptors (Lipinski definition) is 4. The van der Waals surface area contributed by atoms with E-state index in [0.29, 0.717) is 40.4 Å². The van der Waals surface area contributed by atoms with Gasteiger partial charge in [0.1, 0.15) is 11.5 Å². The van der Waals surface area contributed by atoms with E-state index in [1.807, 2.05) is 6.92 Å². The number of rotatable bonds is 5. The van der Waals surface area contributed by atoms with Crippen LogP contribution in [-0.4, -0.2) is 40.3 Å². The van der Waals surface area contributed by atoms with Crippen molar-refractivity contribution < 1.29 is 4.79 Å². The van der Waals surface area contributed by atoms with Crippen molar-refractivity contribution >= 4 is 29.1 Å². The van der Waals surface area contributed by atoms with E-state index >= 15 is 0 Å². The van der Waals surface area contributed by atoms with Crippen LogP contribution in [0.2, 0.25) is 10.0 Å². The van der Waals surface area contributed by atoms with Gasteiger partial charge in [-0.05, 0) is 12.1 Å². The number of carbonyl (C=O) groups is 1. The zero-order chi connectivity index (χ0) is 16.4. The molecule has 0 saturated carbocycles. The van der Waals surface area contributed by atoms with Crippen molar-refractivity contribution in [2.45, 2.75) is 13.3 Å². The van der Waals surface area contributed by atoms with E-state index in [4.69, 9.17) is 23.2 Å². The minimum atomic E-state index is -0.284. The van der Waals surface area contributed by atoms with Crippen molar-refractivity contribution in [1.29, 1.82) is 0 Å². The molecular weight excluding hydrogens is 337 g/mol. The fourth-order valence-corrected chi connectivity index (χ4v) is 2.91. The minimum absolute atomic E-state index is 0.130. The molecule has 2 heterocycles. The molecule has 2 N–H and O–H groups in total. The fourth-order valence-electron chi connectivity index (χ4n) is 2.35. The number of para-hydroxylation sites is 1.